The fourth-order valence-corrected chi connectivity index (χ4v) is 5.12. The van der Waals surface area contributed by atoms with Gasteiger partial charge in [-0.25, -0.2) is 0 Å². The Bertz CT molecular complexity index is 710. The number of rotatable bonds is 6. The molecule has 168 valence electrons. The van der Waals surface area contributed by atoms with Crippen LogP contribution in [0.2, 0.25) is 0 Å². The van der Waals surface area contributed by atoms with Crippen LogP contribution in [0.5, 0.6) is 0 Å². The third-order valence-corrected chi connectivity index (χ3v) is 7.10. The van der Waals surface area contributed by atoms with Crippen LogP contribution in [0.3, 0.4) is 0 Å². The minimum absolute atomic E-state index is 0.000396. The van der Waals surface area contributed by atoms with E-state index in [-0.39, 0.29) is 54.2 Å². The van der Waals surface area contributed by atoms with Gasteiger partial charge in [0.1, 0.15) is 12.2 Å². The Labute approximate surface area is 179 Å². The second kappa shape index (κ2) is 9.65. The zero-order valence-corrected chi connectivity index (χ0v) is 18.5. The number of aliphatic hydroxyl groups excluding tert-OH is 2. The van der Waals surface area contributed by atoms with Crippen LogP contribution in [0.4, 0.5) is 0 Å². The van der Waals surface area contributed by atoms with Crippen LogP contribution in [0.25, 0.3) is 0 Å². The number of cyclic esters (lactones) is 1. The van der Waals surface area contributed by atoms with Gasteiger partial charge in [0.15, 0.2) is 0 Å². The normalized spacial score (nSPS) is 37.4. The number of hydrogen-bond acceptors (Lipinski definition) is 6. The molecule has 0 radical (unpaired) electrons. The number of carbonyl (C=O) groups is 2. The second-order valence-corrected chi connectivity index (χ2v) is 9.47. The highest BCUT2D eigenvalue weighted by Gasteiger charge is 2.44. The van der Waals surface area contributed by atoms with Gasteiger partial charge in [0, 0.05) is 18.8 Å². The van der Waals surface area contributed by atoms with E-state index in [4.69, 9.17) is 9.47 Å². The Morgan fingerprint density at radius 2 is 2.03 bits per heavy atom. The Kier molecular flexibility index (Phi) is 7.40. The molecule has 6 nitrogen and oxygen atoms in total. The van der Waals surface area contributed by atoms with Crippen molar-refractivity contribution in [2.75, 3.05) is 0 Å². The van der Waals surface area contributed by atoms with Crippen molar-refractivity contribution in [1.29, 1.82) is 0 Å². The van der Waals surface area contributed by atoms with E-state index < -0.39 is 12.2 Å². The van der Waals surface area contributed by atoms with Crippen molar-refractivity contribution in [2.24, 2.45) is 23.7 Å². The van der Waals surface area contributed by atoms with Crippen LogP contribution >= 0.6 is 0 Å². The monoisotopic (exact) mass is 420 g/mol. The first-order chi connectivity index (χ1) is 14.2. The molecule has 1 saturated heterocycles. The Morgan fingerprint density at radius 3 is 2.70 bits per heavy atom. The molecule has 30 heavy (non-hydrogen) atoms. The van der Waals surface area contributed by atoms with E-state index >= 15 is 0 Å². The lowest BCUT2D eigenvalue weighted by molar-refractivity contribution is -0.162. The van der Waals surface area contributed by atoms with Crippen LogP contribution in [-0.2, 0) is 19.1 Å². The highest BCUT2D eigenvalue weighted by molar-refractivity contribution is 5.72. The minimum atomic E-state index is -0.648. The predicted molar refractivity (Wildman–Crippen MR) is 112 cm³/mol. The third kappa shape index (κ3) is 5.14. The molecule has 0 bridgehead atoms. The summed E-state index contributed by atoms with van der Waals surface area (Å²) in [5.41, 5.74) is 2.18. The fourth-order valence-electron chi connectivity index (χ4n) is 5.12. The summed E-state index contributed by atoms with van der Waals surface area (Å²) in [6, 6.07) is 0. The lowest BCUT2D eigenvalue weighted by atomic mass is 9.64. The number of hydrogen-bond donors (Lipinski definition) is 2. The highest BCUT2D eigenvalue weighted by Crippen LogP contribution is 2.46. The zero-order chi connectivity index (χ0) is 22.0. The molecule has 0 aromatic rings. The zero-order valence-electron chi connectivity index (χ0n) is 18.5. The molecule has 0 aromatic heterocycles. The van der Waals surface area contributed by atoms with Gasteiger partial charge >= 0.3 is 11.9 Å². The number of aliphatic hydroxyl groups is 2. The Balaban J connectivity index is 1.79. The summed E-state index contributed by atoms with van der Waals surface area (Å²) in [6.45, 7) is 7.93. The molecule has 1 fully saturated rings. The summed E-state index contributed by atoms with van der Waals surface area (Å²) in [6.07, 6.45) is 5.56. The summed E-state index contributed by atoms with van der Waals surface area (Å²) in [7, 11) is 0. The number of esters is 2. The first-order valence-electron chi connectivity index (χ1n) is 11.3. The number of allylic oxidation sites excluding steroid dienone is 1. The van der Waals surface area contributed by atoms with Crippen molar-refractivity contribution < 1.29 is 29.3 Å². The molecule has 0 spiro atoms. The first kappa shape index (κ1) is 23.0. The molecule has 3 aliphatic rings. The van der Waals surface area contributed by atoms with Gasteiger partial charge in [0.05, 0.1) is 24.5 Å². The third-order valence-electron chi connectivity index (χ3n) is 7.10. The van der Waals surface area contributed by atoms with E-state index in [2.05, 4.69) is 6.08 Å². The van der Waals surface area contributed by atoms with Gasteiger partial charge in [-0.1, -0.05) is 38.5 Å². The molecule has 0 aromatic carbocycles. The van der Waals surface area contributed by atoms with Crippen molar-refractivity contribution in [3.8, 4) is 0 Å². The van der Waals surface area contributed by atoms with Crippen LogP contribution < -0.4 is 0 Å². The van der Waals surface area contributed by atoms with Gasteiger partial charge in [-0.05, 0) is 43.6 Å². The van der Waals surface area contributed by atoms with Gasteiger partial charge < -0.3 is 19.7 Å². The van der Waals surface area contributed by atoms with E-state index in [0.717, 1.165) is 24.0 Å². The van der Waals surface area contributed by atoms with Gasteiger partial charge in [0.2, 0.25) is 0 Å². The fraction of sp³-hybridized carbons (Fsp3) is 0.750. The van der Waals surface area contributed by atoms with E-state index in [1.165, 1.54) is 0 Å². The molecule has 0 saturated carbocycles. The standard InChI is InChI=1S/C24H36O6/c1-5-14(3)24(28)30-21-9-13(2)8-16-10-20(26)15(4)19(23(16)21)7-6-18-11-17(25)12-22(27)29-18/h8,10,14-15,17-21,23,25-26H,5-7,9,11-12H2,1-4H3. The predicted octanol–water partition coefficient (Wildman–Crippen LogP) is 3.31. The summed E-state index contributed by atoms with van der Waals surface area (Å²) >= 11 is 0. The largest absolute Gasteiger partial charge is 0.462 e. The van der Waals surface area contributed by atoms with Crippen LogP contribution in [0, 0.1) is 23.7 Å². The van der Waals surface area contributed by atoms with Crippen molar-refractivity contribution in [3.63, 3.8) is 0 Å². The van der Waals surface area contributed by atoms with Gasteiger partial charge in [-0.15, -0.1) is 0 Å². The summed E-state index contributed by atoms with van der Waals surface area (Å²) in [4.78, 5) is 24.2. The molecule has 8 unspecified atom stereocenters. The van der Waals surface area contributed by atoms with Crippen LogP contribution in [-0.4, -0.2) is 46.6 Å². The molecule has 8 atom stereocenters. The topological polar surface area (TPSA) is 93.1 Å². The minimum Gasteiger partial charge on any atom is -0.462 e. The van der Waals surface area contributed by atoms with Crippen molar-refractivity contribution in [3.05, 3.63) is 23.3 Å². The van der Waals surface area contributed by atoms with Crippen molar-refractivity contribution in [2.45, 2.75) is 90.6 Å². The van der Waals surface area contributed by atoms with E-state index in [0.29, 0.717) is 19.3 Å². The summed E-state index contributed by atoms with van der Waals surface area (Å²) in [5, 5.41) is 20.5. The Morgan fingerprint density at radius 1 is 1.30 bits per heavy atom. The maximum Gasteiger partial charge on any atom is 0.308 e. The smallest absolute Gasteiger partial charge is 0.308 e. The number of ether oxygens (including phenoxy) is 2. The SMILES string of the molecule is CCC(C)C(=O)OC1CC(C)=CC2=CC(O)C(C)C(CCC3CC(O)CC(=O)O3)C21. The molecule has 0 amide bonds. The average molecular weight is 421 g/mol. The highest BCUT2D eigenvalue weighted by atomic mass is 16.5. The van der Waals surface area contributed by atoms with E-state index in [1.54, 1.807) is 0 Å². The van der Waals surface area contributed by atoms with Crippen LogP contribution in [0.15, 0.2) is 23.3 Å². The lowest BCUT2D eigenvalue weighted by Gasteiger charge is -2.45. The molecule has 6 heteroatoms. The quantitative estimate of drug-likeness (QED) is 0.641. The van der Waals surface area contributed by atoms with Gasteiger partial charge in [0.25, 0.3) is 0 Å². The maximum absolute atomic E-state index is 12.6. The van der Waals surface area contributed by atoms with Crippen molar-refractivity contribution >= 4 is 11.9 Å². The maximum atomic E-state index is 12.6. The molecule has 2 N–H and O–H groups in total. The van der Waals surface area contributed by atoms with Gasteiger partial charge in [-0.3, -0.25) is 9.59 Å². The molecule has 1 aliphatic heterocycles. The second-order valence-electron chi connectivity index (χ2n) is 9.47. The number of fused-ring (bicyclic) bond motifs is 1. The number of carbonyl (C=O) groups excluding carboxylic acids is 2. The molecule has 3 rings (SSSR count). The molecular weight excluding hydrogens is 384 g/mol. The average Bonchev–Trinajstić information content (AvgIpc) is 2.67. The molecule has 1 heterocycles. The summed E-state index contributed by atoms with van der Waals surface area (Å²) < 4.78 is 11.4. The molecule has 2 aliphatic carbocycles. The van der Waals surface area contributed by atoms with Crippen LogP contribution in [0.1, 0.15) is 66.2 Å². The molecular formula is C24H36O6. The van der Waals surface area contributed by atoms with Gasteiger partial charge in [-0.2, -0.15) is 0 Å². The van der Waals surface area contributed by atoms with Crippen molar-refractivity contribution in [1.82, 2.24) is 0 Å². The van der Waals surface area contributed by atoms with E-state index in [9.17, 15) is 19.8 Å². The first-order valence-corrected chi connectivity index (χ1v) is 11.3. The lowest BCUT2D eigenvalue weighted by Crippen LogP contribution is -2.45. The summed E-state index contributed by atoms with van der Waals surface area (Å²) in [5.74, 6) is -0.552. The Hall–Kier alpha value is -1.66. The van der Waals surface area contributed by atoms with E-state index in [1.807, 2.05) is 33.8 Å².